The highest BCUT2D eigenvalue weighted by molar-refractivity contribution is 7.92. The van der Waals surface area contributed by atoms with Crippen LogP contribution in [0.1, 0.15) is 37.0 Å². The SMILES string of the molecule is CCC(C)NC(=O)C(Cc1ccccc1)N(Cc1ccc(C)cc1)C(=O)CN(c1cccc(Cl)c1)S(C)(=O)=O. The monoisotopic (exact) mass is 569 g/mol. The molecule has 208 valence electrons. The average molecular weight is 570 g/mol. The molecule has 0 saturated heterocycles. The molecule has 0 radical (unpaired) electrons. The molecule has 0 aliphatic carbocycles. The molecule has 7 nitrogen and oxygen atoms in total. The zero-order valence-electron chi connectivity index (χ0n) is 22.8. The van der Waals surface area contributed by atoms with Gasteiger partial charge in [0.15, 0.2) is 0 Å². The zero-order chi connectivity index (χ0) is 28.6. The zero-order valence-corrected chi connectivity index (χ0v) is 24.4. The third-order valence-electron chi connectivity index (χ3n) is 6.52. The lowest BCUT2D eigenvalue weighted by atomic mass is 10.0. The molecule has 2 amide bonds. The summed E-state index contributed by atoms with van der Waals surface area (Å²) in [7, 11) is -3.84. The number of hydrogen-bond acceptors (Lipinski definition) is 4. The Kier molecular flexibility index (Phi) is 10.5. The molecular weight excluding hydrogens is 534 g/mol. The van der Waals surface area contributed by atoms with Crippen LogP contribution in [0, 0.1) is 6.92 Å². The number of benzene rings is 3. The summed E-state index contributed by atoms with van der Waals surface area (Å²) in [4.78, 5) is 29.2. The first-order valence-electron chi connectivity index (χ1n) is 12.9. The Balaban J connectivity index is 2.05. The van der Waals surface area contributed by atoms with Gasteiger partial charge in [-0.25, -0.2) is 8.42 Å². The van der Waals surface area contributed by atoms with E-state index in [1.165, 1.54) is 11.0 Å². The molecule has 2 unspecified atom stereocenters. The molecule has 0 aliphatic rings. The minimum absolute atomic E-state index is 0.0916. The highest BCUT2D eigenvalue weighted by atomic mass is 35.5. The van der Waals surface area contributed by atoms with E-state index >= 15 is 0 Å². The van der Waals surface area contributed by atoms with Crippen molar-refractivity contribution < 1.29 is 18.0 Å². The largest absolute Gasteiger partial charge is 0.352 e. The van der Waals surface area contributed by atoms with Crippen LogP contribution in [0.3, 0.4) is 0 Å². The summed E-state index contributed by atoms with van der Waals surface area (Å²) in [5, 5.41) is 3.37. The van der Waals surface area contributed by atoms with E-state index < -0.39 is 28.5 Å². The normalized spacial score (nSPS) is 12.8. The topological polar surface area (TPSA) is 86.8 Å². The highest BCUT2D eigenvalue weighted by Gasteiger charge is 2.33. The van der Waals surface area contributed by atoms with E-state index in [0.717, 1.165) is 33.7 Å². The molecule has 0 saturated carbocycles. The Labute approximate surface area is 236 Å². The van der Waals surface area contributed by atoms with Crippen LogP contribution in [0.25, 0.3) is 0 Å². The molecule has 3 rings (SSSR count). The number of anilines is 1. The Hall–Kier alpha value is -3.36. The lowest BCUT2D eigenvalue weighted by molar-refractivity contribution is -0.140. The lowest BCUT2D eigenvalue weighted by Crippen LogP contribution is -2.54. The minimum atomic E-state index is -3.84. The summed E-state index contributed by atoms with van der Waals surface area (Å²) < 4.78 is 26.6. The number of amides is 2. The number of carbonyl (C=O) groups is 2. The van der Waals surface area contributed by atoms with E-state index in [0.29, 0.717) is 5.02 Å². The van der Waals surface area contributed by atoms with Crippen molar-refractivity contribution in [3.63, 3.8) is 0 Å². The van der Waals surface area contributed by atoms with Gasteiger partial charge in [0, 0.05) is 24.0 Å². The summed E-state index contributed by atoms with van der Waals surface area (Å²) in [6.45, 7) is 5.51. The number of rotatable bonds is 12. The molecule has 1 N–H and O–H groups in total. The van der Waals surface area contributed by atoms with Gasteiger partial charge in [-0.05, 0) is 49.6 Å². The molecule has 39 heavy (non-hydrogen) atoms. The van der Waals surface area contributed by atoms with Crippen molar-refractivity contribution in [3.05, 3.63) is 101 Å². The fourth-order valence-electron chi connectivity index (χ4n) is 4.13. The number of sulfonamides is 1. The second-order valence-corrected chi connectivity index (χ2v) is 12.1. The van der Waals surface area contributed by atoms with Gasteiger partial charge >= 0.3 is 0 Å². The predicted molar refractivity (Wildman–Crippen MR) is 157 cm³/mol. The Morgan fingerprint density at radius 1 is 0.949 bits per heavy atom. The molecule has 0 bridgehead atoms. The number of aryl methyl sites for hydroxylation is 1. The van der Waals surface area contributed by atoms with Crippen LogP contribution in [0.15, 0.2) is 78.9 Å². The van der Waals surface area contributed by atoms with Crippen LogP contribution in [0.4, 0.5) is 5.69 Å². The van der Waals surface area contributed by atoms with Crippen LogP contribution >= 0.6 is 11.6 Å². The van der Waals surface area contributed by atoms with Gasteiger partial charge < -0.3 is 10.2 Å². The van der Waals surface area contributed by atoms with E-state index in [1.807, 2.05) is 75.4 Å². The van der Waals surface area contributed by atoms with E-state index in [2.05, 4.69) is 5.32 Å². The van der Waals surface area contributed by atoms with Crippen molar-refractivity contribution in [2.24, 2.45) is 0 Å². The van der Waals surface area contributed by atoms with E-state index in [9.17, 15) is 18.0 Å². The number of nitrogens with one attached hydrogen (secondary N) is 1. The minimum Gasteiger partial charge on any atom is -0.352 e. The van der Waals surface area contributed by atoms with Crippen molar-refractivity contribution in [3.8, 4) is 0 Å². The van der Waals surface area contributed by atoms with Crippen LogP contribution < -0.4 is 9.62 Å². The number of carbonyl (C=O) groups excluding carboxylic acids is 2. The molecule has 0 spiro atoms. The summed E-state index contributed by atoms with van der Waals surface area (Å²) in [6, 6.07) is 22.6. The molecule has 0 aliphatic heterocycles. The van der Waals surface area contributed by atoms with E-state index in [4.69, 9.17) is 11.6 Å². The van der Waals surface area contributed by atoms with Gasteiger partial charge in [-0.15, -0.1) is 0 Å². The van der Waals surface area contributed by atoms with E-state index in [-0.39, 0.29) is 30.6 Å². The molecule has 3 aromatic rings. The third kappa shape index (κ3) is 8.83. The summed E-state index contributed by atoms with van der Waals surface area (Å²) >= 11 is 6.13. The van der Waals surface area contributed by atoms with Gasteiger partial charge in [0.1, 0.15) is 12.6 Å². The maximum Gasteiger partial charge on any atom is 0.244 e. The summed E-state index contributed by atoms with van der Waals surface area (Å²) in [6.07, 6.45) is 2.05. The number of hydrogen-bond donors (Lipinski definition) is 1. The van der Waals surface area contributed by atoms with Crippen LogP contribution in [-0.2, 0) is 32.6 Å². The fraction of sp³-hybridized carbons (Fsp3) is 0.333. The van der Waals surface area contributed by atoms with Gasteiger partial charge in [0.05, 0.1) is 11.9 Å². The molecule has 9 heteroatoms. The van der Waals surface area contributed by atoms with Crippen LogP contribution in [0.2, 0.25) is 5.02 Å². The molecule has 0 heterocycles. The lowest BCUT2D eigenvalue weighted by Gasteiger charge is -2.34. The van der Waals surface area contributed by atoms with Crippen LogP contribution in [0.5, 0.6) is 0 Å². The van der Waals surface area contributed by atoms with E-state index in [1.54, 1.807) is 18.2 Å². The first kappa shape index (κ1) is 30.2. The van der Waals surface area contributed by atoms with Crippen molar-refractivity contribution in [2.75, 3.05) is 17.1 Å². The predicted octanol–water partition coefficient (Wildman–Crippen LogP) is 4.97. The fourth-order valence-corrected chi connectivity index (χ4v) is 5.16. The molecule has 0 aromatic heterocycles. The van der Waals surface area contributed by atoms with Gasteiger partial charge in [0.2, 0.25) is 21.8 Å². The van der Waals surface area contributed by atoms with Crippen LogP contribution in [-0.4, -0.2) is 50.0 Å². The quantitative estimate of drug-likeness (QED) is 0.334. The van der Waals surface area contributed by atoms with Gasteiger partial charge in [0.25, 0.3) is 0 Å². The molecular formula is C30H36ClN3O4S. The number of nitrogens with zero attached hydrogens (tertiary/aromatic N) is 2. The molecule has 0 fully saturated rings. The number of halogens is 1. The Bertz CT molecular complexity index is 1360. The third-order valence-corrected chi connectivity index (χ3v) is 7.90. The summed E-state index contributed by atoms with van der Waals surface area (Å²) in [5.74, 6) is -0.788. The van der Waals surface area contributed by atoms with Gasteiger partial charge in [-0.2, -0.15) is 0 Å². The van der Waals surface area contributed by atoms with Crippen molar-refractivity contribution in [2.45, 2.75) is 52.2 Å². The first-order valence-corrected chi connectivity index (χ1v) is 15.1. The maximum absolute atomic E-state index is 14.0. The second-order valence-electron chi connectivity index (χ2n) is 9.78. The van der Waals surface area contributed by atoms with Gasteiger partial charge in [-0.3, -0.25) is 13.9 Å². The average Bonchev–Trinajstić information content (AvgIpc) is 2.90. The van der Waals surface area contributed by atoms with Gasteiger partial charge in [-0.1, -0.05) is 84.8 Å². The first-order chi connectivity index (χ1) is 18.5. The second kappa shape index (κ2) is 13.6. The Morgan fingerprint density at radius 3 is 2.21 bits per heavy atom. The van der Waals surface area contributed by atoms with Crippen molar-refractivity contribution in [1.29, 1.82) is 0 Å². The standard InChI is InChI=1S/C30H36ClN3O4S/c1-5-23(3)32-30(36)28(18-24-10-7-6-8-11-24)33(20-25-16-14-22(2)15-17-25)29(35)21-34(39(4,37)38)27-13-9-12-26(31)19-27/h6-17,19,23,28H,5,18,20-21H2,1-4H3,(H,32,36). The molecule has 2 atom stereocenters. The maximum atomic E-state index is 14.0. The molecule has 3 aromatic carbocycles. The van der Waals surface area contributed by atoms with Crippen molar-refractivity contribution >= 4 is 39.1 Å². The smallest absolute Gasteiger partial charge is 0.244 e. The Morgan fingerprint density at radius 2 is 1.62 bits per heavy atom. The highest BCUT2D eigenvalue weighted by Crippen LogP contribution is 2.23. The summed E-state index contributed by atoms with van der Waals surface area (Å²) in [5.41, 5.74) is 3.06. The van der Waals surface area contributed by atoms with Crippen molar-refractivity contribution in [1.82, 2.24) is 10.2 Å².